The van der Waals surface area contributed by atoms with Crippen molar-refractivity contribution in [3.63, 3.8) is 0 Å². The highest BCUT2D eigenvalue weighted by Crippen LogP contribution is 2.28. The largest absolute Gasteiger partial charge is 0.340 e. The van der Waals surface area contributed by atoms with Crippen molar-refractivity contribution in [2.24, 2.45) is 0 Å². The molecule has 0 saturated carbocycles. The fourth-order valence-electron chi connectivity index (χ4n) is 2.32. The van der Waals surface area contributed by atoms with Gasteiger partial charge in [0.1, 0.15) is 17.5 Å². The number of amides is 1. The van der Waals surface area contributed by atoms with E-state index in [1.807, 2.05) is 0 Å². The SMILES string of the molecule is N#C/C(C(=O)c1ccc(Cl)cc1Cl)=C1/NC(=O)c2ccc(Cl)cc2N1. The molecule has 1 amide bonds. The summed E-state index contributed by atoms with van der Waals surface area (Å²) in [5, 5.41) is 15.7. The van der Waals surface area contributed by atoms with E-state index in [1.54, 1.807) is 18.2 Å². The highest BCUT2D eigenvalue weighted by molar-refractivity contribution is 6.37. The maximum atomic E-state index is 12.7. The Labute approximate surface area is 157 Å². The molecule has 3 rings (SSSR count). The monoisotopic (exact) mass is 391 g/mol. The maximum Gasteiger partial charge on any atom is 0.258 e. The fraction of sp³-hybridized carbons (Fsp3) is 0. The van der Waals surface area contributed by atoms with Crippen LogP contribution in [0.25, 0.3) is 0 Å². The van der Waals surface area contributed by atoms with Crippen LogP contribution in [0.2, 0.25) is 15.1 Å². The lowest BCUT2D eigenvalue weighted by atomic mass is 10.0. The van der Waals surface area contributed by atoms with Crippen LogP contribution in [0.15, 0.2) is 47.8 Å². The van der Waals surface area contributed by atoms with Gasteiger partial charge < -0.3 is 10.6 Å². The summed E-state index contributed by atoms with van der Waals surface area (Å²) >= 11 is 17.8. The summed E-state index contributed by atoms with van der Waals surface area (Å²) in [7, 11) is 0. The molecule has 1 heterocycles. The van der Waals surface area contributed by atoms with Crippen LogP contribution >= 0.6 is 34.8 Å². The van der Waals surface area contributed by atoms with Crippen LogP contribution in [0.4, 0.5) is 5.69 Å². The number of allylic oxidation sites excluding steroid dienone is 1. The summed E-state index contributed by atoms with van der Waals surface area (Å²) in [6.45, 7) is 0. The smallest absolute Gasteiger partial charge is 0.258 e. The Morgan fingerprint density at radius 3 is 2.36 bits per heavy atom. The average Bonchev–Trinajstić information content (AvgIpc) is 2.55. The van der Waals surface area contributed by atoms with Crippen LogP contribution in [-0.4, -0.2) is 11.7 Å². The molecule has 1 aliphatic rings. The predicted octanol–water partition coefficient (Wildman–Crippen LogP) is 4.42. The van der Waals surface area contributed by atoms with Gasteiger partial charge in [-0.15, -0.1) is 0 Å². The Morgan fingerprint density at radius 1 is 1.00 bits per heavy atom. The predicted molar refractivity (Wildman–Crippen MR) is 96.0 cm³/mol. The van der Waals surface area contributed by atoms with E-state index in [1.165, 1.54) is 24.3 Å². The van der Waals surface area contributed by atoms with Crippen molar-refractivity contribution in [3.05, 3.63) is 74.0 Å². The number of fused-ring (bicyclic) bond motifs is 1. The molecule has 0 aromatic heterocycles. The van der Waals surface area contributed by atoms with Gasteiger partial charge in [0.25, 0.3) is 5.91 Å². The minimum absolute atomic E-state index is 0.0294. The van der Waals surface area contributed by atoms with Crippen LogP contribution in [0.1, 0.15) is 20.7 Å². The number of carbonyl (C=O) groups is 2. The van der Waals surface area contributed by atoms with Gasteiger partial charge in [-0.05, 0) is 36.4 Å². The summed E-state index contributed by atoms with van der Waals surface area (Å²) in [6, 6.07) is 10.8. The van der Waals surface area contributed by atoms with Crippen LogP contribution in [-0.2, 0) is 0 Å². The molecule has 0 aliphatic carbocycles. The number of halogens is 3. The molecule has 8 heteroatoms. The Kier molecular flexibility index (Phi) is 4.69. The number of benzene rings is 2. The molecule has 124 valence electrons. The number of nitrogens with one attached hydrogen (secondary N) is 2. The summed E-state index contributed by atoms with van der Waals surface area (Å²) in [6.07, 6.45) is 0. The minimum Gasteiger partial charge on any atom is -0.340 e. The van der Waals surface area contributed by atoms with Gasteiger partial charge in [-0.2, -0.15) is 5.26 Å². The first kappa shape index (κ1) is 17.3. The number of ketones is 1. The minimum atomic E-state index is -0.641. The summed E-state index contributed by atoms with van der Waals surface area (Å²) in [5.41, 5.74) is 0.558. The number of hydrogen-bond acceptors (Lipinski definition) is 4. The van der Waals surface area contributed by atoms with E-state index in [4.69, 9.17) is 34.8 Å². The molecule has 2 N–H and O–H groups in total. The van der Waals surface area contributed by atoms with E-state index in [0.29, 0.717) is 21.3 Å². The highest BCUT2D eigenvalue weighted by Gasteiger charge is 2.26. The molecule has 0 saturated heterocycles. The standard InChI is InChI=1S/C17H8Cl3N3O2/c18-8-1-3-10(13(20)5-8)15(24)12(7-21)16-22-14-6-9(19)2-4-11(14)17(25)23-16/h1-6,22H,(H,23,25)/b16-12-. The molecule has 5 nitrogen and oxygen atoms in total. The Balaban J connectivity index is 2.07. The van der Waals surface area contributed by atoms with Gasteiger partial charge in [0.15, 0.2) is 0 Å². The van der Waals surface area contributed by atoms with Crippen LogP contribution < -0.4 is 10.6 Å². The first-order valence-corrected chi connectivity index (χ1v) is 8.06. The van der Waals surface area contributed by atoms with Crippen LogP contribution in [0.5, 0.6) is 0 Å². The first-order chi connectivity index (χ1) is 11.9. The quantitative estimate of drug-likeness (QED) is 0.450. The van der Waals surface area contributed by atoms with Crippen molar-refractivity contribution in [3.8, 4) is 6.07 Å². The lowest BCUT2D eigenvalue weighted by Crippen LogP contribution is -2.35. The van der Waals surface area contributed by atoms with E-state index < -0.39 is 11.7 Å². The van der Waals surface area contributed by atoms with Crippen molar-refractivity contribution >= 4 is 52.2 Å². The van der Waals surface area contributed by atoms with Gasteiger partial charge in [0.2, 0.25) is 5.78 Å². The maximum absolute atomic E-state index is 12.7. The van der Waals surface area contributed by atoms with Gasteiger partial charge in [0.05, 0.1) is 16.3 Å². The van der Waals surface area contributed by atoms with Gasteiger partial charge in [-0.1, -0.05) is 34.8 Å². The van der Waals surface area contributed by atoms with Crippen LogP contribution in [0.3, 0.4) is 0 Å². The molecule has 0 bridgehead atoms. The first-order valence-electron chi connectivity index (χ1n) is 6.92. The third kappa shape index (κ3) is 3.33. The topological polar surface area (TPSA) is 82.0 Å². The zero-order valence-electron chi connectivity index (χ0n) is 12.4. The third-order valence-electron chi connectivity index (χ3n) is 3.49. The number of nitriles is 1. The van der Waals surface area contributed by atoms with Gasteiger partial charge in [0, 0.05) is 15.6 Å². The Morgan fingerprint density at radius 2 is 1.68 bits per heavy atom. The molecule has 0 unspecified atom stereocenters. The Hall–Kier alpha value is -2.52. The molecule has 0 radical (unpaired) electrons. The van der Waals surface area contributed by atoms with E-state index in [-0.39, 0.29) is 22.0 Å². The molecule has 2 aromatic carbocycles. The van der Waals surface area contributed by atoms with E-state index in [0.717, 1.165) is 0 Å². The molecule has 1 aliphatic heterocycles. The number of hydrogen-bond donors (Lipinski definition) is 2. The van der Waals surface area contributed by atoms with Crippen LogP contribution in [0, 0.1) is 11.3 Å². The number of anilines is 1. The van der Waals surface area contributed by atoms with Crippen molar-refractivity contribution in [1.82, 2.24) is 5.32 Å². The molecule has 0 spiro atoms. The van der Waals surface area contributed by atoms with Crippen molar-refractivity contribution in [1.29, 1.82) is 5.26 Å². The zero-order chi connectivity index (χ0) is 18.1. The molecular weight excluding hydrogens is 385 g/mol. The number of Topliss-reactive ketones (excluding diaryl/α,β-unsaturated/α-hetero) is 1. The lowest BCUT2D eigenvalue weighted by Gasteiger charge is -2.22. The van der Waals surface area contributed by atoms with Gasteiger partial charge in [-0.3, -0.25) is 9.59 Å². The van der Waals surface area contributed by atoms with Gasteiger partial charge >= 0.3 is 0 Å². The summed E-state index contributed by atoms with van der Waals surface area (Å²) in [5.74, 6) is -1.13. The normalized spacial score (nSPS) is 14.7. The Bertz CT molecular complexity index is 993. The molecule has 0 atom stereocenters. The second-order valence-electron chi connectivity index (χ2n) is 5.08. The van der Waals surface area contributed by atoms with Crippen molar-refractivity contribution in [2.75, 3.05) is 5.32 Å². The average molecular weight is 393 g/mol. The number of nitrogens with zero attached hydrogens (tertiary/aromatic N) is 1. The molecule has 2 aromatic rings. The summed E-state index contributed by atoms with van der Waals surface area (Å²) in [4.78, 5) is 24.9. The highest BCUT2D eigenvalue weighted by atomic mass is 35.5. The lowest BCUT2D eigenvalue weighted by molar-refractivity contribution is 0.0963. The molecule has 25 heavy (non-hydrogen) atoms. The summed E-state index contributed by atoms with van der Waals surface area (Å²) < 4.78 is 0. The van der Waals surface area contributed by atoms with E-state index in [2.05, 4.69) is 10.6 Å². The van der Waals surface area contributed by atoms with E-state index >= 15 is 0 Å². The molecular formula is C17H8Cl3N3O2. The second kappa shape index (κ2) is 6.77. The van der Waals surface area contributed by atoms with E-state index in [9.17, 15) is 14.9 Å². The zero-order valence-corrected chi connectivity index (χ0v) is 14.6. The fourth-order valence-corrected chi connectivity index (χ4v) is 2.98. The molecule has 0 fully saturated rings. The number of rotatable bonds is 2. The number of carbonyl (C=O) groups excluding carboxylic acids is 2. The van der Waals surface area contributed by atoms with Crippen molar-refractivity contribution in [2.45, 2.75) is 0 Å². The third-order valence-corrected chi connectivity index (χ3v) is 4.27. The second-order valence-corrected chi connectivity index (χ2v) is 6.36. The van der Waals surface area contributed by atoms with Crippen molar-refractivity contribution < 1.29 is 9.59 Å². The van der Waals surface area contributed by atoms with Gasteiger partial charge in [-0.25, -0.2) is 0 Å².